The molecule has 0 radical (unpaired) electrons. The van der Waals surface area contributed by atoms with E-state index in [1.54, 1.807) is 30.3 Å². The highest BCUT2D eigenvalue weighted by molar-refractivity contribution is 5.74. The first-order valence-electron chi connectivity index (χ1n) is 5.55. The zero-order chi connectivity index (χ0) is 14.5. The second-order valence-electron chi connectivity index (χ2n) is 3.99. The number of rotatable bonds is 6. The van der Waals surface area contributed by atoms with Crippen LogP contribution in [0.3, 0.4) is 0 Å². The molecule has 0 saturated heterocycles. The Labute approximate surface area is 108 Å². The van der Waals surface area contributed by atoms with Crippen LogP contribution in [0, 0.1) is 5.92 Å². The summed E-state index contributed by atoms with van der Waals surface area (Å²) in [5.41, 5.74) is 0.707. The summed E-state index contributed by atoms with van der Waals surface area (Å²) in [6, 6.07) is 6.85. The molecular formula is C13H14F3NO2. The highest BCUT2D eigenvalue weighted by Crippen LogP contribution is 2.30. The smallest absolute Gasteiger partial charge is 0.397 e. The minimum atomic E-state index is -4.64. The number of carboxylic acid groups (broad SMARTS) is 1. The van der Waals surface area contributed by atoms with Crippen LogP contribution in [-0.4, -0.2) is 23.3 Å². The Balaban J connectivity index is 2.78. The summed E-state index contributed by atoms with van der Waals surface area (Å²) >= 11 is 0. The number of benzene rings is 1. The summed E-state index contributed by atoms with van der Waals surface area (Å²) in [6.07, 6.45) is -4.04. The normalized spacial score (nSPS) is 14.7. The Hall–Kier alpha value is -1.82. The molecule has 0 fully saturated rings. The zero-order valence-electron chi connectivity index (χ0n) is 10.0. The van der Waals surface area contributed by atoms with E-state index in [0.717, 1.165) is 0 Å². The fourth-order valence-corrected chi connectivity index (χ4v) is 1.65. The van der Waals surface area contributed by atoms with Gasteiger partial charge in [0.05, 0.1) is 5.92 Å². The lowest BCUT2D eigenvalue weighted by Gasteiger charge is -2.24. The third kappa shape index (κ3) is 4.40. The van der Waals surface area contributed by atoms with Gasteiger partial charge in [-0.15, -0.1) is 6.58 Å². The molecule has 0 aliphatic heterocycles. The van der Waals surface area contributed by atoms with E-state index in [4.69, 9.17) is 5.11 Å². The van der Waals surface area contributed by atoms with Gasteiger partial charge in [0.15, 0.2) is 0 Å². The molecule has 2 N–H and O–H groups in total. The first kappa shape index (κ1) is 15.2. The number of hydrogen-bond acceptors (Lipinski definition) is 2. The van der Waals surface area contributed by atoms with E-state index >= 15 is 0 Å². The molecule has 19 heavy (non-hydrogen) atoms. The van der Waals surface area contributed by atoms with Gasteiger partial charge < -0.3 is 5.11 Å². The Morgan fingerprint density at radius 2 is 1.95 bits per heavy atom. The Morgan fingerprint density at radius 3 is 2.37 bits per heavy atom. The molecule has 0 aliphatic rings. The maximum absolute atomic E-state index is 12.7. The minimum absolute atomic E-state index is 0.0399. The third-order valence-electron chi connectivity index (χ3n) is 2.63. The molecule has 2 atom stereocenters. The van der Waals surface area contributed by atoms with Crippen LogP contribution < -0.4 is 5.32 Å². The van der Waals surface area contributed by atoms with Gasteiger partial charge in [-0.25, -0.2) is 0 Å². The molecule has 0 amide bonds. The number of halogens is 3. The highest BCUT2D eigenvalue weighted by Gasteiger charge is 2.45. The summed E-state index contributed by atoms with van der Waals surface area (Å²) < 4.78 is 38.0. The van der Waals surface area contributed by atoms with Crippen molar-refractivity contribution in [1.29, 1.82) is 0 Å². The van der Waals surface area contributed by atoms with Gasteiger partial charge in [0.25, 0.3) is 0 Å². The van der Waals surface area contributed by atoms with E-state index in [1.807, 2.05) is 0 Å². The maximum atomic E-state index is 12.7. The second kappa shape index (κ2) is 6.38. The number of hydrogen-bond donors (Lipinski definition) is 2. The molecule has 0 saturated carbocycles. The van der Waals surface area contributed by atoms with Crippen LogP contribution in [0.4, 0.5) is 13.2 Å². The first-order chi connectivity index (χ1) is 8.86. The van der Waals surface area contributed by atoms with E-state index in [1.165, 1.54) is 0 Å². The Bertz CT molecular complexity index is 431. The summed E-state index contributed by atoms with van der Waals surface area (Å²) in [5.74, 6) is -3.69. The van der Waals surface area contributed by atoms with Crippen LogP contribution in [0.2, 0.25) is 0 Å². The fraction of sp³-hybridized carbons (Fsp3) is 0.308. The van der Waals surface area contributed by atoms with Crippen LogP contribution >= 0.6 is 0 Å². The molecule has 3 nitrogen and oxygen atoms in total. The van der Waals surface area contributed by atoms with Gasteiger partial charge in [-0.05, 0) is 5.56 Å². The lowest BCUT2D eigenvalue weighted by Crippen LogP contribution is -2.47. The lowest BCUT2D eigenvalue weighted by molar-refractivity contribution is -0.178. The predicted molar refractivity (Wildman–Crippen MR) is 64.4 cm³/mol. The lowest BCUT2D eigenvalue weighted by atomic mass is 9.99. The summed E-state index contributed by atoms with van der Waals surface area (Å²) in [6.45, 7) is 3.10. The number of aliphatic carboxylic acids is 1. The number of alkyl halides is 3. The molecular weight excluding hydrogens is 259 g/mol. The van der Waals surface area contributed by atoms with E-state index in [-0.39, 0.29) is 6.54 Å². The summed E-state index contributed by atoms with van der Waals surface area (Å²) in [5, 5.41) is 11.3. The molecule has 6 heteroatoms. The SMILES string of the molecule is C=C[C@@H]([C@@H](NCc1ccccc1)C(=O)O)C(F)(F)F. The molecule has 0 bridgehead atoms. The van der Waals surface area contributed by atoms with Gasteiger partial charge >= 0.3 is 12.1 Å². The van der Waals surface area contributed by atoms with Crippen molar-refractivity contribution in [2.45, 2.75) is 18.8 Å². The molecule has 104 valence electrons. The Kier molecular flexibility index (Phi) is 5.11. The van der Waals surface area contributed by atoms with Crippen LogP contribution in [0.15, 0.2) is 43.0 Å². The van der Waals surface area contributed by atoms with Crippen molar-refractivity contribution in [3.63, 3.8) is 0 Å². The first-order valence-corrected chi connectivity index (χ1v) is 5.55. The van der Waals surface area contributed by atoms with Crippen LogP contribution in [0.1, 0.15) is 5.56 Å². The summed E-state index contributed by atoms with van der Waals surface area (Å²) in [7, 11) is 0. The van der Waals surface area contributed by atoms with Gasteiger partial charge in [-0.3, -0.25) is 10.1 Å². The van der Waals surface area contributed by atoms with Crippen molar-refractivity contribution in [2.75, 3.05) is 0 Å². The second-order valence-corrected chi connectivity index (χ2v) is 3.99. The topological polar surface area (TPSA) is 49.3 Å². The number of carbonyl (C=O) groups is 1. The number of nitrogens with one attached hydrogen (secondary N) is 1. The molecule has 1 aromatic carbocycles. The van der Waals surface area contributed by atoms with Crippen LogP contribution in [0.5, 0.6) is 0 Å². The highest BCUT2D eigenvalue weighted by atomic mass is 19.4. The van der Waals surface area contributed by atoms with Gasteiger partial charge in [0.1, 0.15) is 6.04 Å². The van der Waals surface area contributed by atoms with Crippen molar-refractivity contribution in [3.8, 4) is 0 Å². The molecule has 0 heterocycles. The molecule has 1 rings (SSSR count). The molecule has 0 unspecified atom stereocenters. The van der Waals surface area contributed by atoms with Crippen molar-refractivity contribution < 1.29 is 23.1 Å². The molecule has 1 aromatic rings. The average Bonchev–Trinajstić information content (AvgIpc) is 2.33. The van der Waals surface area contributed by atoms with Gasteiger partial charge in [0.2, 0.25) is 0 Å². The van der Waals surface area contributed by atoms with Gasteiger partial charge in [-0.1, -0.05) is 36.4 Å². The monoisotopic (exact) mass is 273 g/mol. The fourth-order valence-electron chi connectivity index (χ4n) is 1.65. The predicted octanol–water partition coefficient (Wildman–Crippen LogP) is 2.59. The molecule has 0 spiro atoms. The van der Waals surface area contributed by atoms with Crippen molar-refractivity contribution in [2.24, 2.45) is 5.92 Å². The van der Waals surface area contributed by atoms with Crippen molar-refractivity contribution in [1.82, 2.24) is 5.32 Å². The summed E-state index contributed by atoms with van der Waals surface area (Å²) in [4.78, 5) is 11.0. The van der Waals surface area contributed by atoms with Crippen LogP contribution in [-0.2, 0) is 11.3 Å². The zero-order valence-corrected chi connectivity index (χ0v) is 10.0. The van der Waals surface area contributed by atoms with E-state index < -0.39 is 24.1 Å². The third-order valence-corrected chi connectivity index (χ3v) is 2.63. The molecule has 0 aliphatic carbocycles. The van der Waals surface area contributed by atoms with Gasteiger partial charge in [0, 0.05) is 6.54 Å². The van der Waals surface area contributed by atoms with Gasteiger partial charge in [-0.2, -0.15) is 13.2 Å². The van der Waals surface area contributed by atoms with Crippen LogP contribution in [0.25, 0.3) is 0 Å². The van der Waals surface area contributed by atoms with Crippen molar-refractivity contribution >= 4 is 5.97 Å². The quantitative estimate of drug-likeness (QED) is 0.783. The van der Waals surface area contributed by atoms with E-state index in [0.29, 0.717) is 11.6 Å². The number of carboxylic acids is 1. The maximum Gasteiger partial charge on any atom is 0.397 e. The van der Waals surface area contributed by atoms with Crippen molar-refractivity contribution in [3.05, 3.63) is 48.6 Å². The van der Waals surface area contributed by atoms with E-state index in [2.05, 4.69) is 11.9 Å². The molecule has 0 aromatic heterocycles. The standard InChI is InChI=1S/C13H14F3NO2/c1-2-10(13(14,15)16)11(12(18)19)17-8-9-6-4-3-5-7-9/h2-7,10-11,17H,1,8H2,(H,18,19)/t10-,11+/m0/s1. The average molecular weight is 273 g/mol. The minimum Gasteiger partial charge on any atom is -0.480 e. The largest absolute Gasteiger partial charge is 0.480 e. The van der Waals surface area contributed by atoms with E-state index in [9.17, 15) is 18.0 Å². The Morgan fingerprint density at radius 1 is 1.37 bits per heavy atom.